The lowest BCUT2D eigenvalue weighted by atomic mass is 10.5. The molecular weight excluding hydrogens is 270 g/mol. The molecule has 1 fully saturated rings. The Hall–Kier alpha value is 0.450. The fourth-order valence-corrected chi connectivity index (χ4v) is 3.92. The SMILES string of the molecule is CN(C[C@H]1CO1)Sc1ccc(Br)s1. The fraction of sp³-hybridized carbons (Fsp3) is 0.500. The summed E-state index contributed by atoms with van der Waals surface area (Å²) in [4.78, 5) is 0. The average Bonchev–Trinajstić information content (AvgIpc) is 2.76. The van der Waals surface area contributed by atoms with Gasteiger partial charge in [0.15, 0.2) is 0 Å². The van der Waals surface area contributed by atoms with Crippen LogP contribution in [0.5, 0.6) is 0 Å². The minimum atomic E-state index is 0.473. The minimum absolute atomic E-state index is 0.473. The summed E-state index contributed by atoms with van der Waals surface area (Å²) in [7, 11) is 2.10. The number of nitrogens with zero attached hydrogens (tertiary/aromatic N) is 1. The van der Waals surface area contributed by atoms with Gasteiger partial charge in [-0.05, 0) is 47.1 Å². The van der Waals surface area contributed by atoms with E-state index in [1.807, 2.05) is 0 Å². The van der Waals surface area contributed by atoms with Crippen LogP contribution >= 0.6 is 39.2 Å². The number of hydrogen-bond acceptors (Lipinski definition) is 4. The first kappa shape index (κ1) is 9.98. The van der Waals surface area contributed by atoms with E-state index in [1.165, 1.54) is 8.00 Å². The van der Waals surface area contributed by atoms with Crippen LogP contribution in [0.1, 0.15) is 0 Å². The Labute approximate surface area is 94.5 Å². The molecule has 0 radical (unpaired) electrons. The molecule has 1 aliphatic heterocycles. The van der Waals surface area contributed by atoms with E-state index in [9.17, 15) is 0 Å². The third-order valence-electron chi connectivity index (χ3n) is 1.66. The summed E-state index contributed by atoms with van der Waals surface area (Å²) in [5.74, 6) is 0. The molecule has 2 heterocycles. The van der Waals surface area contributed by atoms with Gasteiger partial charge in [0.25, 0.3) is 0 Å². The summed E-state index contributed by atoms with van der Waals surface area (Å²) >= 11 is 6.98. The van der Waals surface area contributed by atoms with E-state index >= 15 is 0 Å². The van der Waals surface area contributed by atoms with Gasteiger partial charge in [0.2, 0.25) is 0 Å². The predicted molar refractivity (Wildman–Crippen MR) is 60.2 cm³/mol. The molecule has 72 valence electrons. The minimum Gasteiger partial charge on any atom is -0.372 e. The molecule has 1 aliphatic rings. The van der Waals surface area contributed by atoms with Crippen LogP contribution in [-0.2, 0) is 4.74 Å². The van der Waals surface area contributed by atoms with E-state index in [0.717, 1.165) is 13.2 Å². The van der Waals surface area contributed by atoms with Crippen molar-refractivity contribution < 1.29 is 4.74 Å². The van der Waals surface area contributed by atoms with Crippen LogP contribution in [0.15, 0.2) is 20.1 Å². The first-order valence-electron chi connectivity index (χ1n) is 4.00. The third kappa shape index (κ3) is 3.25. The van der Waals surface area contributed by atoms with Gasteiger partial charge in [-0.2, -0.15) is 0 Å². The van der Waals surface area contributed by atoms with Crippen LogP contribution in [0.2, 0.25) is 0 Å². The predicted octanol–water partition coefficient (Wildman–Crippen LogP) is 2.85. The van der Waals surface area contributed by atoms with E-state index < -0.39 is 0 Å². The molecule has 0 amide bonds. The second kappa shape index (κ2) is 4.31. The van der Waals surface area contributed by atoms with Crippen LogP contribution in [0.3, 0.4) is 0 Å². The number of rotatable bonds is 4. The van der Waals surface area contributed by atoms with E-state index in [4.69, 9.17) is 4.74 Å². The lowest BCUT2D eigenvalue weighted by molar-refractivity contribution is 0.373. The van der Waals surface area contributed by atoms with Crippen molar-refractivity contribution in [1.29, 1.82) is 0 Å². The van der Waals surface area contributed by atoms with Crippen LogP contribution in [0.4, 0.5) is 0 Å². The zero-order valence-electron chi connectivity index (χ0n) is 7.20. The largest absolute Gasteiger partial charge is 0.372 e. The monoisotopic (exact) mass is 279 g/mol. The van der Waals surface area contributed by atoms with E-state index in [0.29, 0.717) is 6.10 Å². The number of halogens is 1. The lowest BCUT2D eigenvalue weighted by Gasteiger charge is -2.11. The van der Waals surface area contributed by atoms with Gasteiger partial charge in [-0.3, -0.25) is 0 Å². The molecule has 0 unspecified atom stereocenters. The molecule has 0 aromatic carbocycles. The number of ether oxygens (including phenoxy) is 1. The van der Waals surface area contributed by atoms with Crippen LogP contribution in [0.25, 0.3) is 0 Å². The van der Waals surface area contributed by atoms with Crippen molar-refractivity contribution in [3.63, 3.8) is 0 Å². The van der Waals surface area contributed by atoms with E-state index in [1.54, 1.807) is 23.3 Å². The molecule has 5 heteroatoms. The first-order chi connectivity index (χ1) is 6.24. The normalized spacial score (nSPS) is 21.0. The summed E-state index contributed by atoms with van der Waals surface area (Å²) in [5, 5.41) is 0. The Morgan fingerprint density at radius 3 is 3.08 bits per heavy atom. The summed E-state index contributed by atoms with van der Waals surface area (Å²) in [6.45, 7) is 1.94. The summed E-state index contributed by atoms with van der Waals surface area (Å²) < 4.78 is 9.88. The second-order valence-electron chi connectivity index (χ2n) is 2.92. The highest BCUT2D eigenvalue weighted by atomic mass is 79.9. The van der Waals surface area contributed by atoms with Crippen molar-refractivity contribution in [2.75, 3.05) is 20.2 Å². The highest BCUT2D eigenvalue weighted by Gasteiger charge is 2.24. The molecule has 2 nitrogen and oxygen atoms in total. The van der Waals surface area contributed by atoms with Crippen molar-refractivity contribution in [2.45, 2.75) is 10.3 Å². The highest BCUT2D eigenvalue weighted by Crippen LogP contribution is 2.32. The fourth-order valence-electron chi connectivity index (χ4n) is 0.998. The van der Waals surface area contributed by atoms with Crippen molar-refractivity contribution in [3.05, 3.63) is 15.9 Å². The van der Waals surface area contributed by atoms with Gasteiger partial charge in [-0.15, -0.1) is 11.3 Å². The van der Waals surface area contributed by atoms with Gasteiger partial charge in [-0.1, -0.05) is 0 Å². The Balaban J connectivity index is 1.82. The lowest BCUT2D eigenvalue weighted by Crippen LogP contribution is -2.15. The number of epoxide rings is 1. The van der Waals surface area contributed by atoms with Crippen LogP contribution in [0, 0.1) is 0 Å². The van der Waals surface area contributed by atoms with Gasteiger partial charge in [0.1, 0.15) is 0 Å². The molecular formula is C8H10BrNOS2. The second-order valence-corrected chi connectivity index (χ2v) is 6.88. The van der Waals surface area contributed by atoms with Gasteiger partial charge < -0.3 is 4.74 Å². The molecule has 13 heavy (non-hydrogen) atoms. The van der Waals surface area contributed by atoms with Gasteiger partial charge >= 0.3 is 0 Å². The Bertz CT molecular complexity index is 287. The topological polar surface area (TPSA) is 15.8 Å². The van der Waals surface area contributed by atoms with Crippen molar-refractivity contribution >= 4 is 39.2 Å². The molecule has 1 saturated heterocycles. The van der Waals surface area contributed by atoms with Gasteiger partial charge in [-0.25, -0.2) is 4.31 Å². The molecule has 0 saturated carbocycles. The molecule has 1 aromatic rings. The zero-order valence-corrected chi connectivity index (χ0v) is 10.4. The molecule has 0 N–H and O–H groups in total. The van der Waals surface area contributed by atoms with Crippen LogP contribution in [-0.4, -0.2) is 30.6 Å². The van der Waals surface area contributed by atoms with E-state index in [2.05, 4.69) is 39.4 Å². The Kier molecular flexibility index (Phi) is 3.31. The Morgan fingerprint density at radius 1 is 1.77 bits per heavy atom. The maximum atomic E-state index is 5.16. The quantitative estimate of drug-likeness (QED) is 0.623. The van der Waals surface area contributed by atoms with Gasteiger partial charge in [0, 0.05) is 6.54 Å². The smallest absolute Gasteiger partial charge is 0.0945 e. The number of thiophene rings is 1. The maximum absolute atomic E-state index is 5.16. The number of likely N-dealkylation sites (N-methyl/N-ethyl adjacent to an activating group) is 1. The summed E-state index contributed by atoms with van der Waals surface area (Å²) in [6.07, 6.45) is 0.473. The third-order valence-corrected chi connectivity index (χ3v) is 4.33. The molecule has 0 bridgehead atoms. The van der Waals surface area contributed by atoms with Crippen molar-refractivity contribution in [2.24, 2.45) is 0 Å². The first-order valence-corrected chi connectivity index (χ1v) is 6.38. The van der Waals surface area contributed by atoms with Crippen molar-refractivity contribution in [3.8, 4) is 0 Å². The Morgan fingerprint density at radius 2 is 2.54 bits per heavy atom. The molecule has 1 atom stereocenters. The molecule has 1 aromatic heterocycles. The summed E-state index contributed by atoms with van der Waals surface area (Å²) in [6, 6.07) is 4.21. The highest BCUT2D eigenvalue weighted by molar-refractivity contribution is 9.11. The average molecular weight is 280 g/mol. The molecule has 0 aliphatic carbocycles. The van der Waals surface area contributed by atoms with Crippen molar-refractivity contribution in [1.82, 2.24) is 4.31 Å². The number of hydrogen-bond donors (Lipinski definition) is 0. The van der Waals surface area contributed by atoms with Crippen LogP contribution < -0.4 is 0 Å². The zero-order chi connectivity index (χ0) is 9.26. The molecule has 0 spiro atoms. The standard InChI is InChI=1S/C8H10BrNOS2/c1-10(4-6-5-11-6)13-8-3-2-7(9)12-8/h2-3,6H,4-5H2,1H3/t6-/m0/s1. The van der Waals surface area contributed by atoms with Gasteiger partial charge in [0.05, 0.1) is 20.7 Å². The molecule has 2 rings (SSSR count). The maximum Gasteiger partial charge on any atom is 0.0945 e. The van der Waals surface area contributed by atoms with E-state index in [-0.39, 0.29) is 0 Å². The summed E-state index contributed by atoms with van der Waals surface area (Å²) in [5.41, 5.74) is 0.